The second-order valence-corrected chi connectivity index (χ2v) is 4.82. The Morgan fingerprint density at radius 1 is 0.938 bits per heavy atom. The number of benzene rings is 2. The second kappa shape index (κ2) is 5.08. The molecular formula is C14H14OS. The molecule has 0 atom stereocenters. The molecule has 1 nitrogen and oxygen atoms in total. The predicted molar refractivity (Wildman–Crippen MR) is 68.8 cm³/mol. The molecule has 0 aromatic heterocycles. The van der Waals surface area contributed by atoms with Gasteiger partial charge in [-0.3, -0.25) is 0 Å². The van der Waals surface area contributed by atoms with Crippen LogP contribution in [0.4, 0.5) is 0 Å². The van der Waals surface area contributed by atoms with Gasteiger partial charge in [-0.25, -0.2) is 0 Å². The van der Waals surface area contributed by atoms with Crippen molar-refractivity contribution in [3.05, 3.63) is 59.7 Å². The first kappa shape index (κ1) is 11.1. The number of phenols is 1. The standard InChI is InChI=1S/C14H14OS/c1-11-2-8-14(9-3-11)16-10-12-4-6-13(15)7-5-12/h2-9,15H,10H2,1H3. The predicted octanol–water partition coefficient (Wildman–Crippen LogP) is 3.99. The van der Waals surface area contributed by atoms with Gasteiger partial charge in [-0.15, -0.1) is 11.8 Å². The molecule has 2 heteroatoms. The molecule has 0 bridgehead atoms. The molecule has 82 valence electrons. The highest BCUT2D eigenvalue weighted by Gasteiger charge is 1.96. The van der Waals surface area contributed by atoms with Gasteiger partial charge in [0.15, 0.2) is 0 Å². The quantitative estimate of drug-likeness (QED) is 0.804. The van der Waals surface area contributed by atoms with Crippen LogP contribution in [-0.4, -0.2) is 5.11 Å². The maximum atomic E-state index is 9.17. The number of rotatable bonds is 3. The summed E-state index contributed by atoms with van der Waals surface area (Å²) in [6, 6.07) is 15.9. The smallest absolute Gasteiger partial charge is 0.115 e. The number of hydrogen-bond acceptors (Lipinski definition) is 2. The zero-order valence-corrected chi connectivity index (χ0v) is 10.00. The number of phenolic OH excluding ortho intramolecular Hbond substituents is 1. The molecule has 0 saturated carbocycles. The largest absolute Gasteiger partial charge is 0.508 e. The van der Waals surface area contributed by atoms with E-state index in [9.17, 15) is 0 Å². The molecule has 0 fully saturated rings. The average Bonchev–Trinajstić information content (AvgIpc) is 2.30. The van der Waals surface area contributed by atoms with Crippen molar-refractivity contribution in [1.29, 1.82) is 0 Å². The van der Waals surface area contributed by atoms with Crippen LogP contribution in [-0.2, 0) is 5.75 Å². The summed E-state index contributed by atoms with van der Waals surface area (Å²) in [4.78, 5) is 1.28. The summed E-state index contributed by atoms with van der Waals surface area (Å²) in [5.41, 5.74) is 2.51. The molecule has 0 amide bonds. The van der Waals surface area contributed by atoms with Gasteiger partial charge in [0, 0.05) is 10.6 Å². The molecule has 0 saturated heterocycles. The first-order valence-corrected chi connectivity index (χ1v) is 6.20. The minimum Gasteiger partial charge on any atom is -0.508 e. The van der Waals surface area contributed by atoms with Crippen molar-refractivity contribution in [2.75, 3.05) is 0 Å². The first-order chi connectivity index (χ1) is 7.74. The lowest BCUT2D eigenvalue weighted by atomic mass is 10.2. The van der Waals surface area contributed by atoms with Crippen LogP contribution in [0.5, 0.6) is 5.75 Å². The van der Waals surface area contributed by atoms with E-state index < -0.39 is 0 Å². The summed E-state index contributed by atoms with van der Waals surface area (Å²) < 4.78 is 0. The maximum Gasteiger partial charge on any atom is 0.115 e. The van der Waals surface area contributed by atoms with Crippen molar-refractivity contribution in [3.8, 4) is 5.75 Å². The van der Waals surface area contributed by atoms with E-state index >= 15 is 0 Å². The van der Waals surface area contributed by atoms with E-state index in [-0.39, 0.29) is 0 Å². The number of aromatic hydroxyl groups is 1. The van der Waals surface area contributed by atoms with Crippen LogP contribution in [0.1, 0.15) is 11.1 Å². The lowest BCUT2D eigenvalue weighted by Gasteiger charge is -2.02. The van der Waals surface area contributed by atoms with Crippen molar-refractivity contribution in [1.82, 2.24) is 0 Å². The van der Waals surface area contributed by atoms with Crippen molar-refractivity contribution < 1.29 is 5.11 Å². The minimum atomic E-state index is 0.323. The van der Waals surface area contributed by atoms with Gasteiger partial charge >= 0.3 is 0 Å². The van der Waals surface area contributed by atoms with E-state index in [0.717, 1.165) is 5.75 Å². The van der Waals surface area contributed by atoms with Crippen LogP contribution in [0.3, 0.4) is 0 Å². The summed E-state index contributed by atoms with van der Waals surface area (Å²) in [5, 5.41) is 9.17. The third-order valence-corrected chi connectivity index (χ3v) is 3.45. The number of aryl methyl sites for hydroxylation is 1. The molecule has 2 aromatic rings. The zero-order chi connectivity index (χ0) is 11.4. The Balaban J connectivity index is 1.97. The van der Waals surface area contributed by atoms with Gasteiger partial charge in [0.2, 0.25) is 0 Å². The van der Waals surface area contributed by atoms with Crippen molar-refractivity contribution in [2.45, 2.75) is 17.6 Å². The minimum absolute atomic E-state index is 0.323. The second-order valence-electron chi connectivity index (χ2n) is 3.77. The Morgan fingerprint density at radius 2 is 1.56 bits per heavy atom. The molecular weight excluding hydrogens is 216 g/mol. The molecule has 1 N–H and O–H groups in total. The third-order valence-electron chi connectivity index (χ3n) is 2.36. The SMILES string of the molecule is Cc1ccc(SCc2ccc(O)cc2)cc1. The van der Waals surface area contributed by atoms with Crippen LogP contribution in [0.2, 0.25) is 0 Å². The van der Waals surface area contributed by atoms with Gasteiger partial charge < -0.3 is 5.11 Å². The van der Waals surface area contributed by atoms with E-state index in [1.807, 2.05) is 12.1 Å². The Hall–Kier alpha value is -1.41. The normalized spacial score (nSPS) is 10.3. The molecule has 2 rings (SSSR count). The van der Waals surface area contributed by atoms with Gasteiger partial charge in [-0.1, -0.05) is 29.8 Å². The molecule has 0 radical (unpaired) electrons. The topological polar surface area (TPSA) is 20.2 Å². The van der Waals surface area contributed by atoms with Gasteiger partial charge in [-0.05, 0) is 36.8 Å². The third kappa shape index (κ3) is 3.04. The van der Waals surface area contributed by atoms with Gasteiger partial charge in [-0.2, -0.15) is 0 Å². The fraction of sp³-hybridized carbons (Fsp3) is 0.143. The van der Waals surface area contributed by atoms with Gasteiger partial charge in [0.1, 0.15) is 5.75 Å². The number of thioether (sulfide) groups is 1. The summed E-state index contributed by atoms with van der Waals surface area (Å²) >= 11 is 1.81. The summed E-state index contributed by atoms with van der Waals surface area (Å²) in [6.45, 7) is 2.09. The average molecular weight is 230 g/mol. The van der Waals surface area contributed by atoms with E-state index in [1.165, 1.54) is 16.0 Å². The first-order valence-electron chi connectivity index (χ1n) is 5.21. The fourth-order valence-corrected chi connectivity index (χ4v) is 2.25. The van der Waals surface area contributed by atoms with E-state index in [1.54, 1.807) is 23.9 Å². The summed E-state index contributed by atoms with van der Waals surface area (Å²) in [6.07, 6.45) is 0. The van der Waals surface area contributed by atoms with Gasteiger partial charge in [0.25, 0.3) is 0 Å². The summed E-state index contributed by atoms with van der Waals surface area (Å²) in [5.74, 6) is 1.26. The Bertz CT molecular complexity index is 400. The molecule has 0 aliphatic rings. The summed E-state index contributed by atoms with van der Waals surface area (Å²) in [7, 11) is 0. The van der Waals surface area contributed by atoms with Crippen molar-refractivity contribution in [2.24, 2.45) is 0 Å². The highest BCUT2D eigenvalue weighted by atomic mass is 32.2. The Morgan fingerprint density at radius 3 is 2.19 bits per heavy atom. The highest BCUT2D eigenvalue weighted by Crippen LogP contribution is 2.23. The molecule has 2 aromatic carbocycles. The molecule has 0 heterocycles. The van der Waals surface area contributed by atoms with E-state index in [2.05, 4.69) is 31.2 Å². The van der Waals surface area contributed by atoms with Crippen molar-refractivity contribution >= 4 is 11.8 Å². The Labute approximate surface area is 100 Å². The fourth-order valence-electron chi connectivity index (χ4n) is 1.39. The van der Waals surface area contributed by atoms with Gasteiger partial charge in [0.05, 0.1) is 0 Å². The lowest BCUT2D eigenvalue weighted by molar-refractivity contribution is 0.475. The van der Waals surface area contributed by atoms with E-state index in [0.29, 0.717) is 5.75 Å². The van der Waals surface area contributed by atoms with Crippen LogP contribution >= 0.6 is 11.8 Å². The molecule has 0 unspecified atom stereocenters. The van der Waals surface area contributed by atoms with E-state index in [4.69, 9.17) is 5.11 Å². The molecule has 16 heavy (non-hydrogen) atoms. The van der Waals surface area contributed by atoms with Crippen LogP contribution in [0, 0.1) is 6.92 Å². The van der Waals surface area contributed by atoms with Crippen LogP contribution < -0.4 is 0 Å². The zero-order valence-electron chi connectivity index (χ0n) is 9.18. The Kier molecular flexibility index (Phi) is 3.52. The highest BCUT2D eigenvalue weighted by molar-refractivity contribution is 7.98. The van der Waals surface area contributed by atoms with Crippen LogP contribution in [0.25, 0.3) is 0 Å². The van der Waals surface area contributed by atoms with Crippen molar-refractivity contribution in [3.63, 3.8) is 0 Å². The molecule has 0 spiro atoms. The monoisotopic (exact) mass is 230 g/mol. The lowest BCUT2D eigenvalue weighted by Crippen LogP contribution is -1.80. The number of hydrogen-bond donors (Lipinski definition) is 1. The van der Waals surface area contributed by atoms with Crippen LogP contribution in [0.15, 0.2) is 53.4 Å². The maximum absolute atomic E-state index is 9.17. The molecule has 0 aliphatic carbocycles. The molecule has 0 aliphatic heterocycles.